The molecule has 1 aromatic carbocycles. The van der Waals surface area contributed by atoms with Crippen molar-refractivity contribution in [1.29, 1.82) is 0 Å². The average molecular weight is 247 g/mol. The summed E-state index contributed by atoms with van der Waals surface area (Å²) < 4.78 is 5.44. The minimum Gasteiger partial charge on any atom is -0.496 e. The standard InChI is InChI=1S/C16H25NO/c1-12-5-9-16(18-3)14(10-12)6-8-15-7-4-13(2)11-17-15/h5,9-10,13,15,17H,4,6-8,11H2,1-3H3. The Hall–Kier alpha value is -1.02. The lowest BCUT2D eigenvalue weighted by Gasteiger charge is -2.28. The molecule has 0 aromatic heterocycles. The van der Waals surface area contributed by atoms with E-state index in [0.717, 1.165) is 18.1 Å². The maximum atomic E-state index is 5.44. The Bertz CT molecular complexity index is 381. The number of ether oxygens (including phenoxy) is 1. The van der Waals surface area contributed by atoms with Crippen molar-refractivity contribution in [1.82, 2.24) is 5.32 Å². The Kier molecular flexibility index (Phi) is 4.65. The number of rotatable bonds is 4. The lowest BCUT2D eigenvalue weighted by molar-refractivity contribution is 0.315. The van der Waals surface area contributed by atoms with E-state index in [0.29, 0.717) is 6.04 Å². The van der Waals surface area contributed by atoms with E-state index in [1.54, 1.807) is 7.11 Å². The highest BCUT2D eigenvalue weighted by atomic mass is 16.5. The number of hydrogen-bond donors (Lipinski definition) is 1. The van der Waals surface area contributed by atoms with Gasteiger partial charge in [0.05, 0.1) is 7.11 Å². The SMILES string of the molecule is COc1ccc(C)cc1CCC1CCC(C)CN1. The molecule has 1 fully saturated rings. The molecule has 2 atom stereocenters. The fourth-order valence-corrected chi connectivity index (χ4v) is 2.74. The molecule has 0 amide bonds. The van der Waals surface area contributed by atoms with Gasteiger partial charge in [0.25, 0.3) is 0 Å². The van der Waals surface area contributed by atoms with Crippen molar-refractivity contribution in [3.8, 4) is 5.75 Å². The third-order valence-electron chi connectivity index (χ3n) is 3.96. The van der Waals surface area contributed by atoms with Gasteiger partial charge in [0.1, 0.15) is 5.75 Å². The summed E-state index contributed by atoms with van der Waals surface area (Å²) in [5.41, 5.74) is 2.66. The average Bonchev–Trinajstić information content (AvgIpc) is 2.38. The lowest BCUT2D eigenvalue weighted by atomic mass is 9.92. The van der Waals surface area contributed by atoms with Crippen molar-refractivity contribution in [2.45, 2.75) is 45.6 Å². The molecular weight excluding hydrogens is 222 g/mol. The second kappa shape index (κ2) is 6.24. The zero-order valence-corrected chi connectivity index (χ0v) is 11.8. The van der Waals surface area contributed by atoms with Crippen LogP contribution in [0, 0.1) is 12.8 Å². The first kappa shape index (κ1) is 13.4. The molecule has 2 nitrogen and oxygen atoms in total. The van der Waals surface area contributed by atoms with Gasteiger partial charge < -0.3 is 10.1 Å². The summed E-state index contributed by atoms with van der Waals surface area (Å²) in [7, 11) is 1.76. The van der Waals surface area contributed by atoms with Gasteiger partial charge in [0.15, 0.2) is 0 Å². The second-order valence-electron chi connectivity index (χ2n) is 5.64. The molecule has 2 heteroatoms. The second-order valence-corrected chi connectivity index (χ2v) is 5.64. The van der Waals surface area contributed by atoms with Crippen molar-refractivity contribution < 1.29 is 4.74 Å². The summed E-state index contributed by atoms with van der Waals surface area (Å²) in [4.78, 5) is 0. The van der Waals surface area contributed by atoms with Crippen LogP contribution in [-0.4, -0.2) is 19.7 Å². The summed E-state index contributed by atoms with van der Waals surface area (Å²) in [6, 6.07) is 7.14. The predicted octanol–water partition coefficient (Wildman–Crippen LogP) is 3.32. The molecular formula is C16H25NO. The monoisotopic (exact) mass is 247 g/mol. The molecule has 0 bridgehead atoms. The number of methoxy groups -OCH3 is 1. The number of benzene rings is 1. The number of aryl methyl sites for hydroxylation is 2. The molecule has 0 aliphatic carbocycles. The van der Waals surface area contributed by atoms with Gasteiger partial charge in [0, 0.05) is 6.04 Å². The first-order chi connectivity index (χ1) is 8.69. The predicted molar refractivity (Wildman–Crippen MR) is 76.2 cm³/mol. The summed E-state index contributed by atoms with van der Waals surface area (Å²) in [6.07, 6.45) is 5.00. The minimum absolute atomic E-state index is 0.686. The van der Waals surface area contributed by atoms with E-state index in [1.165, 1.54) is 36.9 Å². The Morgan fingerprint density at radius 3 is 2.83 bits per heavy atom. The van der Waals surface area contributed by atoms with E-state index in [2.05, 4.69) is 37.4 Å². The quantitative estimate of drug-likeness (QED) is 0.881. The van der Waals surface area contributed by atoms with Gasteiger partial charge in [-0.05, 0) is 56.7 Å². The highest BCUT2D eigenvalue weighted by Gasteiger charge is 2.17. The van der Waals surface area contributed by atoms with Gasteiger partial charge in [-0.2, -0.15) is 0 Å². The van der Waals surface area contributed by atoms with Crippen molar-refractivity contribution in [2.75, 3.05) is 13.7 Å². The molecule has 18 heavy (non-hydrogen) atoms. The fraction of sp³-hybridized carbons (Fsp3) is 0.625. The van der Waals surface area contributed by atoms with E-state index in [1.807, 2.05) is 0 Å². The van der Waals surface area contributed by atoms with Crippen LogP contribution in [0.2, 0.25) is 0 Å². The van der Waals surface area contributed by atoms with Crippen LogP contribution >= 0.6 is 0 Å². The largest absolute Gasteiger partial charge is 0.496 e. The van der Waals surface area contributed by atoms with Gasteiger partial charge in [-0.15, -0.1) is 0 Å². The summed E-state index contributed by atoms with van der Waals surface area (Å²) in [5.74, 6) is 1.87. The highest BCUT2D eigenvalue weighted by molar-refractivity contribution is 5.36. The molecule has 1 N–H and O–H groups in total. The lowest BCUT2D eigenvalue weighted by Crippen LogP contribution is -2.38. The molecule has 100 valence electrons. The summed E-state index contributed by atoms with van der Waals surface area (Å²) in [5, 5.41) is 3.65. The zero-order valence-electron chi connectivity index (χ0n) is 11.8. The molecule has 1 heterocycles. The van der Waals surface area contributed by atoms with E-state index >= 15 is 0 Å². The van der Waals surface area contributed by atoms with Gasteiger partial charge in [0.2, 0.25) is 0 Å². The molecule has 0 saturated carbocycles. The molecule has 1 aliphatic heterocycles. The van der Waals surface area contributed by atoms with E-state index in [4.69, 9.17) is 4.74 Å². The van der Waals surface area contributed by atoms with Crippen molar-refractivity contribution in [3.05, 3.63) is 29.3 Å². The van der Waals surface area contributed by atoms with Crippen LogP contribution in [0.3, 0.4) is 0 Å². The first-order valence-electron chi connectivity index (χ1n) is 7.06. The zero-order chi connectivity index (χ0) is 13.0. The van der Waals surface area contributed by atoms with Crippen LogP contribution < -0.4 is 10.1 Å². The Balaban J connectivity index is 1.91. The number of piperidine rings is 1. The first-order valence-corrected chi connectivity index (χ1v) is 7.06. The third-order valence-corrected chi connectivity index (χ3v) is 3.96. The Morgan fingerprint density at radius 2 is 2.17 bits per heavy atom. The van der Waals surface area contributed by atoms with Crippen LogP contribution in [0.4, 0.5) is 0 Å². The van der Waals surface area contributed by atoms with Gasteiger partial charge >= 0.3 is 0 Å². The van der Waals surface area contributed by atoms with Crippen LogP contribution in [0.1, 0.15) is 37.3 Å². The van der Waals surface area contributed by atoms with Gasteiger partial charge in [-0.3, -0.25) is 0 Å². The van der Waals surface area contributed by atoms with Crippen LogP contribution in [0.25, 0.3) is 0 Å². The number of hydrogen-bond acceptors (Lipinski definition) is 2. The van der Waals surface area contributed by atoms with E-state index in [9.17, 15) is 0 Å². The van der Waals surface area contributed by atoms with Gasteiger partial charge in [-0.25, -0.2) is 0 Å². The smallest absolute Gasteiger partial charge is 0.122 e. The van der Waals surface area contributed by atoms with Crippen molar-refractivity contribution in [2.24, 2.45) is 5.92 Å². The van der Waals surface area contributed by atoms with E-state index < -0.39 is 0 Å². The van der Waals surface area contributed by atoms with E-state index in [-0.39, 0.29) is 0 Å². The van der Waals surface area contributed by atoms with Crippen LogP contribution in [-0.2, 0) is 6.42 Å². The molecule has 1 saturated heterocycles. The fourth-order valence-electron chi connectivity index (χ4n) is 2.74. The highest BCUT2D eigenvalue weighted by Crippen LogP contribution is 2.23. The molecule has 1 aliphatic rings. The third kappa shape index (κ3) is 3.49. The summed E-state index contributed by atoms with van der Waals surface area (Å²) in [6.45, 7) is 5.64. The molecule has 1 aromatic rings. The maximum Gasteiger partial charge on any atom is 0.122 e. The van der Waals surface area contributed by atoms with Gasteiger partial charge in [-0.1, -0.05) is 24.6 Å². The molecule has 2 unspecified atom stereocenters. The molecule has 0 radical (unpaired) electrons. The topological polar surface area (TPSA) is 21.3 Å². The number of nitrogens with one attached hydrogen (secondary N) is 1. The summed E-state index contributed by atoms with van der Waals surface area (Å²) >= 11 is 0. The Morgan fingerprint density at radius 1 is 1.33 bits per heavy atom. The molecule has 2 rings (SSSR count). The normalized spacial score (nSPS) is 23.9. The minimum atomic E-state index is 0.686. The Labute approximate surface area is 111 Å². The van der Waals surface area contributed by atoms with Crippen molar-refractivity contribution >= 4 is 0 Å². The van der Waals surface area contributed by atoms with Crippen LogP contribution in [0.5, 0.6) is 5.75 Å². The molecule has 0 spiro atoms. The van der Waals surface area contributed by atoms with Crippen LogP contribution in [0.15, 0.2) is 18.2 Å². The maximum absolute atomic E-state index is 5.44. The van der Waals surface area contributed by atoms with Crippen molar-refractivity contribution in [3.63, 3.8) is 0 Å².